The molecule has 2 heterocycles. The standard InChI is InChI=1S/C22H33N9O6S/c1-38-5-4-16(21(35)31-17(22(36)37)7-13-9-26-11-28-13)30-20(34)15(2-3-18(24)32)29-19(33)14(23)6-12-8-25-10-27-12/h8-11,14-17H,2-7,23H2,1H3,(H2,24,32)(H,25,27)(H,26,28)(H,29,33)(H,30,34)(H,31,35)(H,36,37). The number of aliphatic carboxylic acids is 1. The summed E-state index contributed by atoms with van der Waals surface area (Å²) in [5, 5.41) is 17.1. The van der Waals surface area contributed by atoms with Gasteiger partial charge < -0.3 is 42.5 Å². The Kier molecular flexibility index (Phi) is 12.2. The second-order valence-electron chi connectivity index (χ2n) is 8.48. The molecule has 0 aliphatic rings. The summed E-state index contributed by atoms with van der Waals surface area (Å²) in [5.41, 5.74) is 12.3. The summed E-state index contributed by atoms with van der Waals surface area (Å²) in [6.07, 6.45) is 7.52. The van der Waals surface area contributed by atoms with Crippen molar-refractivity contribution in [2.24, 2.45) is 11.5 Å². The highest BCUT2D eigenvalue weighted by atomic mass is 32.2. The highest BCUT2D eigenvalue weighted by molar-refractivity contribution is 7.98. The Labute approximate surface area is 222 Å². The molecule has 10 N–H and O–H groups in total. The number of nitrogens with two attached hydrogens (primary N) is 2. The van der Waals surface area contributed by atoms with Gasteiger partial charge in [-0.25, -0.2) is 14.8 Å². The molecule has 16 heteroatoms. The van der Waals surface area contributed by atoms with E-state index < -0.39 is 53.8 Å². The van der Waals surface area contributed by atoms with Crippen LogP contribution in [0.3, 0.4) is 0 Å². The van der Waals surface area contributed by atoms with Gasteiger partial charge in [-0.05, 0) is 24.9 Å². The number of carboxylic acid groups (broad SMARTS) is 1. The normalized spacial score (nSPS) is 14.1. The minimum Gasteiger partial charge on any atom is -0.480 e. The van der Waals surface area contributed by atoms with Crippen LogP contribution in [0.1, 0.15) is 30.7 Å². The third kappa shape index (κ3) is 10.2. The zero-order valence-electron chi connectivity index (χ0n) is 20.8. The van der Waals surface area contributed by atoms with Crippen molar-refractivity contribution in [3.63, 3.8) is 0 Å². The van der Waals surface area contributed by atoms with E-state index in [4.69, 9.17) is 11.5 Å². The molecule has 0 aliphatic carbocycles. The first-order valence-electron chi connectivity index (χ1n) is 11.7. The van der Waals surface area contributed by atoms with Crippen LogP contribution in [-0.4, -0.2) is 90.8 Å². The van der Waals surface area contributed by atoms with Gasteiger partial charge in [-0.3, -0.25) is 19.2 Å². The van der Waals surface area contributed by atoms with E-state index in [9.17, 15) is 29.1 Å². The Hall–Kier alpha value is -3.92. The molecule has 15 nitrogen and oxygen atoms in total. The van der Waals surface area contributed by atoms with Crippen LogP contribution in [0.5, 0.6) is 0 Å². The summed E-state index contributed by atoms with van der Waals surface area (Å²) >= 11 is 1.43. The number of rotatable bonds is 17. The Morgan fingerprint density at radius 3 is 1.92 bits per heavy atom. The molecule has 4 atom stereocenters. The maximum Gasteiger partial charge on any atom is 0.326 e. The van der Waals surface area contributed by atoms with Crippen molar-refractivity contribution in [1.82, 2.24) is 35.9 Å². The number of imidazole rings is 2. The van der Waals surface area contributed by atoms with E-state index >= 15 is 0 Å². The molecule has 2 aromatic rings. The van der Waals surface area contributed by atoms with Crippen molar-refractivity contribution < 1.29 is 29.1 Å². The van der Waals surface area contributed by atoms with E-state index in [1.54, 1.807) is 0 Å². The van der Waals surface area contributed by atoms with E-state index in [-0.39, 0.29) is 32.1 Å². The van der Waals surface area contributed by atoms with E-state index in [0.717, 1.165) is 0 Å². The van der Waals surface area contributed by atoms with Gasteiger partial charge in [0.15, 0.2) is 0 Å². The molecule has 0 saturated heterocycles. The number of aromatic nitrogens is 4. The molecule has 0 radical (unpaired) electrons. The molecule has 0 spiro atoms. The highest BCUT2D eigenvalue weighted by Gasteiger charge is 2.30. The number of thioether (sulfide) groups is 1. The van der Waals surface area contributed by atoms with Gasteiger partial charge in [0, 0.05) is 43.0 Å². The second kappa shape index (κ2) is 15.4. The van der Waals surface area contributed by atoms with Gasteiger partial charge in [-0.1, -0.05) is 0 Å². The van der Waals surface area contributed by atoms with Crippen LogP contribution in [0.15, 0.2) is 25.0 Å². The minimum absolute atomic E-state index is 0.0459. The average Bonchev–Trinajstić information content (AvgIpc) is 3.57. The highest BCUT2D eigenvalue weighted by Crippen LogP contribution is 2.07. The number of nitrogens with zero attached hydrogens (tertiary/aromatic N) is 2. The molecule has 2 rings (SSSR count). The van der Waals surface area contributed by atoms with Crippen molar-refractivity contribution >= 4 is 41.4 Å². The number of carbonyl (C=O) groups is 5. The monoisotopic (exact) mass is 551 g/mol. The summed E-state index contributed by atoms with van der Waals surface area (Å²) in [5.74, 6) is -3.58. The molecular weight excluding hydrogens is 518 g/mol. The Morgan fingerprint density at radius 2 is 1.42 bits per heavy atom. The van der Waals surface area contributed by atoms with Crippen LogP contribution in [0.4, 0.5) is 0 Å². The summed E-state index contributed by atoms with van der Waals surface area (Å²) in [6, 6.07) is -4.62. The predicted octanol–water partition coefficient (Wildman–Crippen LogP) is -2.20. The van der Waals surface area contributed by atoms with Gasteiger partial charge in [-0.15, -0.1) is 0 Å². The molecule has 4 amide bonds. The number of amides is 4. The Balaban J connectivity index is 2.10. The number of nitrogens with one attached hydrogen (secondary N) is 5. The Bertz CT molecular complexity index is 1060. The van der Waals surface area contributed by atoms with Crippen LogP contribution >= 0.6 is 11.8 Å². The number of hydrogen-bond acceptors (Lipinski definition) is 9. The van der Waals surface area contributed by atoms with Crippen LogP contribution in [0.2, 0.25) is 0 Å². The number of primary amides is 1. The maximum atomic E-state index is 13.1. The largest absolute Gasteiger partial charge is 0.480 e. The third-order valence-corrected chi connectivity index (χ3v) is 6.12. The topological polar surface area (TPSA) is 251 Å². The van der Waals surface area contributed by atoms with Gasteiger partial charge in [0.25, 0.3) is 0 Å². The number of carboxylic acids is 1. The number of hydrogen-bond donors (Lipinski definition) is 8. The summed E-state index contributed by atoms with van der Waals surface area (Å²) in [7, 11) is 0. The van der Waals surface area contributed by atoms with E-state index in [2.05, 4.69) is 35.9 Å². The van der Waals surface area contributed by atoms with Gasteiger partial charge in [0.1, 0.15) is 18.1 Å². The van der Waals surface area contributed by atoms with Gasteiger partial charge in [-0.2, -0.15) is 11.8 Å². The number of aromatic amines is 2. The second-order valence-corrected chi connectivity index (χ2v) is 9.46. The fraction of sp³-hybridized carbons (Fsp3) is 0.500. The molecule has 2 aromatic heterocycles. The quantitative estimate of drug-likeness (QED) is 0.105. The fourth-order valence-electron chi connectivity index (χ4n) is 3.43. The van der Waals surface area contributed by atoms with E-state index in [1.807, 2.05) is 6.26 Å². The molecular formula is C22H33N9O6S. The van der Waals surface area contributed by atoms with Gasteiger partial charge in [0.2, 0.25) is 23.6 Å². The number of carbonyl (C=O) groups excluding carboxylic acids is 4. The molecule has 0 saturated carbocycles. The molecule has 0 bridgehead atoms. The van der Waals surface area contributed by atoms with E-state index in [0.29, 0.717) is 17.1 Å². The lowest BCUT2D eigenvalue weighted by atomic mass is 10.1. The molecule has 38 heavy (non-hydrogen) atoms. The van der Waals surface area contributed by atoms with Crippen molar-refractivity contribution in [2.75, 3.05) is 12.0 Å². The van der Waals surface area contributed by atoms with Crippen molar-refractivity contribution in [2.45, 2.75) is 56.3 Å². The van der Waals surface area contributed by atoms with Crippen LogP contribution in [-0.2, 0) is 36.8 Å². The average molecular weight is 552 g/mol. The lowest BCUT2D eigenvalue weighted by Gasteiger charge is -2.25. The smallest absolute Gasteiger partial charge is 0.326 e. The van der Waals surface area contributed by atoms with E-state index in [1.165, 1.54) is 36.8 Å². The first kappa shape index (κ1) is 30.3. The predicted molar refractivity (Wildman–Crippen MR) is 137 cm³/mol. The SMILES string of the molecule is CSCCC(NC(=O)C(CCC(N)=O)NC(=O)C(N)Cc1cnc[nH]1)C(=O)NC(Cc1cnc[nH]1)C(=O)O. The summed E-state index contributed by atoms with van der Waals surface area (Å²) in [4.78, 5) is 75.2. The molecule has 0 aliphatic heterocycles. The van der Waals surface area contributed by atoms with Gasteiger partial charge in [0.05, 0.1) is 18.7 Å². The maximum absolute atomic E-state index is 13.1. The Morgan fingerprint density at radius 1 is 0.895 bits per heavy atom. The lowest BCUT2D eigenvalue weighted by molar-refractivity contribution is -0.142. The van der Waals surface area contributed by atoms with Crippen LogP contribution in [0, 0.1) is 0 Å². The zero-order chi connectivity index (χ0) is 28.1. The van der Waals surface area contributed by atoms with Crippen LogP contribution in [0.25, 0.3) is 0 Å². The summed E-state index contributed by atoms with van der Waals surface area (Å²) in [6.45, 7) is 0. The molecule has 208 valence electrons. The van der Waals surface area contributed by atoms with Crippen molar-refractivity contribution in [1.29, 1.82) is 0 Å². The molecule has 0 aromatic carbocycles. The van der Waals surface area contributed by atoms with Crippen LogP contribution < -0.4 is 27.4 Å². The third-order valence-electron chi connectivity index (χ3n) is 5.48. The molecule has 4 unspecified atom stereocenters. The lowest BCUT2D eigenvalue weighted by Crippen LogP contribution is -2.57. The zero-order valence-corrected chi connectivity index (χ0v) is 21.6. The first-order chi connectivity index (χ1) is 18.1. The van der Waals surface area contributed by atoms with Crippen molar-refractivity contribution in [3.8, 4) is 0 Å². The fourth-order valence-corrected chi connectivity index (χ4v) is 3.90. The number of H-pyrrole nitrogens is 2. The first-order valence-corrected chi connectivity index (χ1v) is 13.1. The summed E-state index contributed by atoms with van der Waals surface area (Å²) < 4.78 is 0. The van der Waals surface area contributed by atoms with Gasteiger partial charge >= 0.3 is 5.97 Å². The van der Waals surface area contributed by atoms with Crippen molar-refractivity contribution in [3.05, 3.63) is 36.4 Å². The minimum atomic E-state index is -1.28. The molecule has 0 fully saturated rings.